The fraction of sp³-hybridized carbons (Fsp3) is 0.455. The molecule has 0 aliphatic carbocycles. The van der Waals surface area contributed by atoms with Crippen molar-refractivity contribution in [3.63, 3.8) is 0 Å². The Hall–Kier alpha value is -2.38. The van der Waals surface area contributed by atoms with Crippen LogP contribution in [-0.4, -0.2) is 31.0 Å². The summed E-state index contributed by atoms with van der Waals surface area (Å²) in [6.45, 7) is 2.36. The second kappa shape index (κ2) is 5.51. The lowest BCUT2D eigenvalue weighted by atomic mass is 10.3. The quantitative estimate of drug-likeness (QED) is 0.466. The molecule has 2 N–H and O–H groups in total. The number of hydrogen-bond donors (Lipinski definition) is 2. The summed E-state index contributed by atoms with van der Waals surface area (Å²) in [6, 6.07) is 0. The maximum Gasteiger partial charge on any atom is 0.406 e. The van der Waals surface area contributed by atoms with Crippen LogP contribution in [0.25, 0.3) is 0 Å². The first-order valence-electron chi connectivity index (χ1n) is 5.99. The van der Waals surface area contributed by atoms with Gasteiger partial charge in [0.2, 0.25) is 11.6 Å². The van der Waals surface area contributed by atoms with E-state index in [1.807, 2.05) is 0 Å². The molecule has 0 unspecified atom stereocenters. The summed E-state index contributed by atoms with van der Waals surface area (Å²) in [4.78, 5) is 21.5. The zero-order valence-corrected chi connectivity index (χ0v) is 10.9. The van der Waals surface area contributed by atoms with E-state index in [-0.39, 0.29) is 5.82 Å². The van der Waals surface area contributed by atoms with E-state index in [0.717, 1.165) is 18.7 Å². The topological polar surface area (TPSA) is 102 Å². The number of aryl methyl sites for hydroxylation is 2. The van der Waals surface area contributed by atoms with Crippen molar-refractivity contribution in [2.24, 2.45) is 7.05 Å². The highest BCUT2D eigenvalue weighted by atomic mass is 16.6. The lowest BCUT2D eigenvalue weighted by Gasteiger charge is -2.05. The van der Waals surface area contributed by atoms with E-state index in [4.69, 9.17) is 0 Å². The number of nitrogens with one attached hydrogen (secondary N) is 2. The number of aromatic amines is 1. The van der Waals surface area contributed by atoms with Gasteiger partial charge in [0.05, 0.1) is 0 Å². The molecule has 0 atom stereocenters. The molecular formula is C11H16N6O2. The third-order valence-corrected chi connectivity index (χ3v) is 2.91. The van der Waals surface area contributed by atoms with Gasteiger partial charge in [0.25, 0.3) is 0 Å². The number of aromatic nitrogens is 4. The summed E-state index contributed by atoms with van der Waals surface area (Å²) in [5.74, 6) is 1.85. The Bertz CT molecular complexity index is 560. The Balaban J connectivity index is 1.93. The molecule has 0 aliphatic rings. The number of nitrogens with zero attached hydrogens (tertiary/aromatic N) is 4. The zero-order chi connectivity index (χ0) is 13.8. The van der Waals surface area contributed by atoms with Crippen molar-refractivity contribution in [2.45, 2.75) is 19.8 Å². The lowest BCUT2D eigenvalue weighted by molar-refractivity contribution is -0.388. The molecule has 0 amide bonds. The van der Waals surface area contributed by atoms with Crippen LogP contribution in [0.15, 0.2) is 12.4 Å². The maximum atomic E-state index is 10.9. The molecule has 0 radical (unpaired) electrons. The summed E-state index contributed by atoms with van der Waals surface area (Å²) in [6.07, 6.45) is 5.11. The Labute approximate surface area is 110 Å². The highest BCUT2D eigenvalue weighted by molar-refractivity contribution is 5.53. The van der Waals surface area contributed by atoms with Crippen molar-refractivity contribution in [3.05, 3.63) is 34.2 Å². The van der Waals surface area contributed by atoms with Crippen molar-refractivity contribution in [1.29, 1.82) is 0 Å². The van der Waals surface area contributed by atoms with E-state index in [1.54, 1.807) is 30.9 Å². The summed E-state index contributed by atoms with van der Waals surface area (Å²) in [5.41, 5.74) is 0. The monoisotopic (exact) mass is 264 g/mol. The first-order chi connectivity index (χ1) is 9.09. The van der Waals surface area contributed by atoms with Crippen molar-refractivity contribution in [3.8, 4) is 0 Å². The summed E-state index contributed by atoms with van der Waals surface area (Å²) < 4.78 is 1.69. The Morgan fingerprint density at radius 1 is 1.58 bits per heavy atom. The van der Waals surface area contributed by atoms with Crippen molar-refractivity contribution in [1.82, 2.24) is 19.5 Å². The third kappa shape index (κ3) is 2.90. The van der Waals surface area contributed by atoms with Gasteiger partial charge in [-0.1, -0.05) is 0 Å². The molecule has 8 heteroatoms. The van der Waals surface area contributed by atoms with Gasteiger partial charge in [-0.05, 0) is 16.3 Å². The number of hydrogen-bond acceptors (Lipinski definition) is 5. The van der Waals surface area contributed by atoms with Crippen LogP contribution in [0.4, 0.5) is 11.6 Å². The van der Waals surface area contributed by atoms with Crippen LogP contribution in [0.3, 0.4) is 0 Å². The fourth-order valence-corrected chi connectivity index (χ4v) is 1.82. The van der Waals surface area contributed by atoms with E-state index in [1.165, 1.54) is 0 Å². The number of anilines is 1. The Morgan fingerprint density at radius 3 is 3.00 bits per heavy atom. The zero-order valence-electron chi connectivity index (χ0n) is 10.9. The van der Waals surface area contributed by atoms with Crippen molar-refractivity contribution >= 4 is 11.6 Å². The number of rotatable bonds is 6. The van der Waals surface area contributed by atoms with Crippen LogP contribution in [0.5, 0.6) is 0 Å². The summed E-state index contributed by atoms with van der Waals surface area (Å²) >= 11 is 0. The molecule has 8 nitrogen and oxygen atoms in total. The minimum Gasteiger partial charge on any atom is -0.364 e. The van der Waals surface area contributed by atoms with E-state index in [9.17, 15) is 10.1 Å². The highest BCUT2D eigenvalue weighted by Gasteiger charge is 2.22. The van der Waals surface area contributed by atoms with Crippen molar-refractivity contribution in [2.75, 3.05) is 11.9 Å². The van der Waals surface area contributed by atoms with Gasteiger partial charge in [-0.3, -0.25) is 4.57 Å². The molecule has 0 fully saturated rings. The van der Waals surface area contributed by atoms with Crippen LogP contribution >= 0.6 is 0 Å². The summed E-state index contributed by atoms with van der Waals surface area (Å²) in [7, 11) is 1.75. The second-order valence-electron chi connectivity index (χ2n) is 4.21. The number of nitro groups is 1. The van der Waals surface area contributed by atoms with Gasteiger partial charge in [-0.25, -0.2) is 4.98 Å². The highest BCUT2D eigenvalue weighted by Crippen LogP contribution is 2.23. The molecule has 2 heterocycles. The minimum absolute atomic E-state index is 0.127. The molecule has 0 bridgehead atoms. The van der Waals surface area contributed by atoms with Crippen LogP contribution < -0.4 is 5.32 Å². The SMILES string of the molecule is Cc1nc([N+](=O)[O-])c(NCCCc2ncc[nH]2)n1C. The molecule has 19 heavy (non-hydrogen) atoms. The van der Waals surface area contributed by atoms with Gasteiger partial charge < -0.3 is 20.4 Å². The molecule has 2 rings (SSSR count). The lowest BCUT2D eigenvalue weighted by Crippen LogP contribution is -2.09. The first kappa shape index (κ1) is 13.1. The predicted octanol–water partition coefficient (Wildman–Crippen LogP) is 1.40. The Kier molecular flexibility index (Phi) is 3.79. The fourth-order valence-electron chi connectivity index (χ4n) is 1.82. The Morgan fingerprint density at radius 2 is 2.37 bits per heavy atom. The minimum atomic E-state index is -0.470. The molecular weight excluding hydrogens is 248 g/mol. The van der Waals surface area contributed by atoms with Gasteiger partial charge in [0.15, 0.2) is 0 Å². The molecule has 0 aliphatic heterocycles. The van der Waals surface area contributed by atoms with Crippen LogP contribution in [-0.2, 0) is 13.5 Å². The van der Waals surface area contributed by atoms with E-state index in [2.05, 4.69) is 20.3 Å². The van der Waals surface area contributed by atoms with E-state index in [0.29, 0.717) is 18.2 Å². The van der Waals surface area contributed by atoms with Gasteiger partial charge in [0.1, 0.15) is 5.82 Å². The normalized spacial score (nSPS) is 10.6. The third-order valence-electron chi connectivity index (χ3n) is 2.91. The number of imidazole rings is 2. The molecule has 2 aromatic heterocycles. The molecule has 0 saturated heterocycles. The predicted molar refractivity (Wildman–Crippen MR) is 70.0 cm³/mol. The average molecular weight is 264 g/mol. The van der Waals surface area contributed by atoms with Crippen LogP contribution in [0.2, 0.25) is 0 Å². The molecule has 102 valence electrons. The van der Waals surface area contributed by atoms with E-state index < -0.39 is 4.92 Å². The van der Waals surface area contributed by atoms with Gasteiger partial charge in [0, 0.05) is 39.3 Å². The summed E-state index contributed by atoms with van der Waals surface area (Å²) in [5, 5.41) is 13.9. The smallest absolute Gasteiger partial charge is 0.364 e. The first-order valence-corrected chi connectivity index (χ1v) is 5.99. The molecule has 2 aromatic rings. The second-order valence-corrected chi connectivity index (χ2v) is 4.21. The van der Waals surface area contributed by atoms with Crippen LogP contribution in [0.1, 0.15) is 18.1 Å². The average Bonchev–Trinajstić information content (AvgIpc) is 2.97. The number of H-pyrrole nitrogens is 1. The largest absolute Gasteiger partial charge is 0.406 e. The van der Waals surface area contributed by atoms with Gasteiger partial charge in [-0.2, -0.15) is 0 Å². The standard InChI is InChI=1S/C11H16N6O2/c1-8-15-11(17(18)19)10(16(8)2)14-5-3-4-9-12-6-7-13-9/h6-7,14H,3-5H2,1-2H3,(H,12,13). The van der Waals surface area contributed by atoms with Crippen molar-refractivity contribution < 1.29 is 4.92 Å². The van der Waals surface area contributed by atoms with Gasteiger partial charge >= 0.3 is 5.82 Å². The van der Waals surface area contributed by atoms with E-state index >= 15 is 0 Å². The molecule has 0 saturated carbocycles. The van der Waals surface area contributed by atoms with Crippen LogP contribution in [0, 0.1) is 17.0 Å². The molecule has 0 spiro atoms. The van der Waals surface area contributed by atoms with Gasteiger partial charge in [-0.15, -0.1) is 0 Å². The molecule has 0 aromatic carbocycles. The maximum absolute atomic E-state index is 10.9.